The first-order valence-electron chi connectivity index (χ1n) is 8.54. The molecule has 2 rings (SSSR count). The van der Waals surface area contributed by atoms with Crippen molar-refractivity contribution in [3.8, 4) is 11.5 Å². The van der Waals surface area contributed by atoms with Gasteiger partial charge in [-0.1, -0.05) is 43.3 Å². The number of hydrogen-bond donors (Lipinski definition) is 3. The maximum Gasteiger partial charge on any atom is 0.161 e. The van der Waals surface area contributed by atoms with E-state index in [0.717, 1.165) is 17.5 Å². The van der Waals surface area contributed by atoms with Gasteiger partial charge in [0, 0.05) is 12.6 Å². The Labute approximate surface area is 149 Å². The summed E-state index contributed by atoms with van der Waals surface area (Å²) in [7, 11) is 1.59. The summed E-state index contributed by atoms with van der Waals surface area (Å²) in [5.41, 5.74) is 1.86. The van der Waals surface area contributed by atoms with Crippen LogP contribution in [0.3, 0.4) is 0 Å². The lowest BCUT2D eigenvalue weighted by Gasteiger charge is -2.17. The normalized spacial score (nSPS) is 13.3. The Hall–Kier alpha value is -2.08. The van der Waals surface area contributed by atoms with Gasteiger partial charge >= 0.3 is 0 Å². The summed E-state index contributed by atoms with van der Waals surface area (Å²) in [5.74, 6) is 1.21. The number of aliphatic hydroxyl groups excluding tert-OH is 2. The molecule has 0 heterocycles. The van der Waals surface area contributed by atoms with Gasteiger partial charge in [0.15, 0.2) is 11.5 Å². The van der Waals surface area contributed by atoms with E-state index in [1.165, 1.54) is 0 Å². The fraction of sp³-hybridized carbons (Fsp3) is 0.400. The van der Waals surface area contributed by atoms with Crippen LogP contribution in [0.25, 0.3) is 0 Å². The van der Waals surface area contributed by atoms with E-state index in [9.17, 15) is 10.2 Å². The third kappa shape index (κ3) is 5.74. The van der Waals surface area contributed by atoms with E-state index >= 15 is 0 Å². The van der Waals surface area contributed by atoms with Gasteiger partial charge in [-0.3, -0.25) is 0 Å². The fourth-order valence-corrected chi connectivity index (χ4v) is 2.48. The fourth-order valence-electron chi connectivity index (χ4n) is 2.48. The molecule has 0 saturated heterocycles. The summed E-state index contributed by atoms with van der Waals surface area (Å²) in [6, 6.07) is 15.2. The minimum Gasteiger partial charge on any atom is -0.493 e. The van der Waals surface area contributed by atoms with Crippen LogP contribution >= 0.6 is 0 Å². The van der Waals surface area contributed by atoms with Crippen molar-refractivity contribution in [2.24, 2.45) is 0 Å². The van der Waals surface area contributed by atoms with E-state index < -0.39 is 6.10 Å². The van der Waals surface area contributed by atoms with Crippen molar-refractivity contribution >= 4 is 0 Å². The summed E-state index contributed by atoms with van der Waals surface area (Å²) in [6.07, 6.45) is 0.175. The zero-order chi connectivity index (χ0) is 18.1. The van der Waals surface area contributed by atoms with E-state index in [4.69, 9.17) is 9.47 Å². The molecule has 5 nitrogen and oxygen atoms in total. The van der Waals surface area contributed by atoms with Crippen LogP contribution < -0.4 is 14.8 Å². The van der Waals surface area contributed by atoms with Gasteiger partial charge in [0.25, 0.3) is 0 Å². The van der Waals surface area contributed by atoms with Gasteiger partial charge in [0.05, 0.1) is 13.7 Å². The molecule has 0 aromatic heterocycles. The standard InChI is InChI=1S/C20H27NO4/c1-3-17(13-22)21-12-15-9-10-19(20(11-15)24-2)25-14-18(23)16-7-5-4-6-8-16/h4-11,17-18,21-23H,3,12-14H2,1-2H3/t17-,18-/m1/s1. The second kappa shape index (κ2) is 10.0. The van der Waals surface area contributed by atoms with Crippen molar-refractivity contribution in [3.63, 3.8) is 0 Å². The molecule has 0 amide bonds. The van der Waals surface area contributed by atoms with Crippen molar-refractivity contribution in [1.82, 2.24) is 5.32 Å². The molecule has 25 heavy (non-hydrogen) atoms. The van der Waals surface area contributed by atoms with Crippen LogP contribution in [-0.4, -0.2) is 36.6 Å². The minimum absolute atomic E-state index is 0.0861. The van der Waals surface area contributed by atoms with Crippen LogP contribution in [-0.2, 0) is 6.54 Å². The molecule has 0 unspecified atom stereocenters. The number of hydrogen-bond acceptors (Lipinski definition) is 5. The second-order valence-corrected chi connectivity index (χ2v) is 5.89. The Balaban J connectivity index is 1.96. The first kappa shape index (κ1) is 19.2. The molecular weight excluding hydrogens is 318 g/mol. The number of ether oxygens (including phenoxy) is 2. The Kier molecular flexibility index (Phi) is 7.73. The van der Waals surface area contributed by atoms with Crippen molar-refractivity contribution < 1.29 is 19.7 Å². The summed E-state index contributed by atoms with van der Waals surface area (Å²) < 4.78 is 11.1. The highest BCUT2D eigenvalue weighted by Gasteiger charge is 2.12. The molecule has 2 atom stereocenters. The molecular formula is C20H27NO4. The molecule has 136 valence electrons. The first-order chi connectivity index (χ1) is 12.2. The van der Waals surface area contributed by atoms with Crippen molar-refractivity contribution in [3.05, 3.63) is 59.7 Å². The second-order valence-electron chi connectivity index (χ2n) is 5.89. The molecule has 2 aromatic rings. The Morgan fingerprint density at radius 3 is 2.48 bits per heavy atom. The summed E-state index contributed by atoms with van der Waals surface area (Å²) in [4.78, 5) is 0. The number of methoxy groups -OCH3 is 1. The maximum absolute atomic E-state index is 10.2. The third-order valence-electron chi connectivity index (χ3n) is 4.12. The molecule has 0 spiro atoms. The van der Waals surface area contributed by atoms with Gasteiger partial charge in [-0.05, 0) is 29.7 Å². The molecule has 3 N–H and O–H groups in total. The van der Waals surface area contributed by atoms with Gasteiger partial charge in [0.1, 0.15) is 12.7 Å². The Morgan fingerprint density at radius 2 is 1.84 bits per heavy atom. The van der Waals surface area contributed by atoms with Crippen molar-refractivity contribution in [1.29, 1.82) is 0 Å². The quantitative estimate of drug-likeness (QED) is 0.618. The smallest absolute Gasteiger partial charge is 0.161 e. The lowest BCUT2D eigenvalue weighted by molar-refractivity contribution is 0.106. The first-order valence-corrected chi connectivity index (χ1v) is 8.54. The van der Waals surface area contributed by atoms with Gasteiger partial charge in [-0.2, -0.15) is 0 Å². The monoisotopic (exact) mass is 345 g/mol. The summed E-state index contributed by atoms with van der Waals surface area (Å²) in [5, 5.41) is 22.7. The predicted molar refractivity (Wildman–Crippen MR) is 97.9 cm³/mol. The molecule has 0 radical (unpaired) electrons. The van der Waals surface area contributed by atoms with Crippen LogP contribution in [0.4, 0.5) is 0 Å². The topological polar surface area (TPSA) is 71.0 Å². The molecule has 0 saturated carbocycles. The zero-order valence-electron chi connectivity index (χ0n) is 14.8. The Morgan fingerprint density at radius 1 is 1.08 bits per heavy atom. The third-order valence-corrected chi connectivity index (χ3v) is 4.12. The number of benzene rings is 2. The predicted octanol–water partition coefficient (Wildman–Crippen LogP) is 2.67. The molecule has 5 heteroatoms. The van der Waals surface area contributed by atoms with Crippen LogP contribution in [0.1, 0.15) is 30.6 Å². The maximum atomic E-state index is 10.2. The van der Waals surface area contributed by atoms with Crippen LogP contribution in [0.15, 0.2) is 48.5 Å². The van der Waals surface area contributed by atoms with E-state index in [1.807, 2.05) is 55.5 Å². The van der Waals surface area contributed by atoms with Crippen LogP contribution in [0, 0.1) is 0 Å². The number of rotatable bonds is 10. The van der Waals surface area contributed by atoms with Crippen molar-refractivity contribution in [2.45, 2.75) is 32.0 Å². The van der Waals surface area contributed by atoms with E-state index in [2.05, 4.69) is 5.32 Å². The highest BCUT2D eigenvalue weighted by atomic mass is 16.5. The van der Waals surface area contributed by atoms with Gasteiger partial charge in [-0.15, -0.1) is 0 Å². The van der Waals surface area contributed by atoms with Crippen molar-refractivity contribution in [2.75, 3.05) is 20.3 Å². The lowest BCUT2D eigenvalue weighted by atomic mass is 10.1. The molecule has 0 fully saturated rings. The van der Waals surface area contributed by atoms with Gasteiger partial charge in [0.2, 0.25) is 0 Å². The van der Waals surface area contributed by atoms with Gasteiger partial charge in [-0.25, -0.2) is 0 Å². The largest absolute Gasteiger partial charge is 0.493 e. The van der Waals surface area contributed by atoms with E-state index in [-0.39, 0.29) is 19.3 Å². The highest BCUT2D eigenvalue weighted by molar-refractivity contribution is 5.43. The number of aliphatic hydroxyl groups is 2. The highest BCUT2D eigenvalue weighted by Crippen LogP contribution is 2.29. The number of nitrogens with one attached hydrogen (secondary N) is 1. The molecule has 0 bridgehead atoms. The SMILES string of the molecule is CC[C@H](CO)NCc1ccc(OC[C@@H](O)c2ccccc2)c(OC)c1. The molecule has 0 aliphatic heterocycles. The lowest BCUT2D eigenvalue weighted by Crippen LogP contribution is -2.31. The zero-order valence-corrected chi connectivity index (χ0v) is 14.8. The summed E-state index contributed by atoms with van der Waals surface area (Å²) >= 11 is 0. The van der Waals surface area contributed by atoms with Crippen LogP contribution in [0.5, 0.6) is 11.5 Å². The summed E-state index contributed by atoms with van der Waals surface area (Å²) in [6.45, 7) is 2.94. The average Bonchev–Trinajstić information content (AvgIpc) is 2.67. The Bertz CT molecular complexity index is 629. The minimum atomic E-state index is -0.692. The van der Waals surface area contributed by atoms with E-state index in [0.29, 0.717) is 18.0 Å². The van der Waals surface area contributed by atoms with E-state index in [1.54, 1.807) is 7.11 Å². The van der Waals surface area contributed by atoms with Crippen LogP contribution in [0.2, 0.25) is 0 Å². The molecule has 2 aromatic carbocycles. The molecule has 0 aliphatic carbocycles. The van der Waals surface area contributed by atoms with Gasteiger partial charge < -0.3 is 25.0 Å². The molecule has 0 aliphatic rings. The average molecular weight is 345 g/mol.